The largest absolute Gasteiger partial charge is 0.494 e. The zero-order chi connectivity index (χ0) is 18.7. The molecule has 0 atom stereocenters. The van der Waals surface area contributed by atoms with E-state index in [1.165, 1.54) is 5.56 Å². The summed E-state index contributed by atoms with van der Waals surface area (Å²) in [6.45, 7) is 8.13. The van der Waals surface area contributed by atoms with Crippen molar-refractivity contribution >= 4 is 5.91 Å². The number of aromatic amines is 2. The maximum Gasteiger partial charge on any atom is 0.267 e. The third-order valence-corrected chi connectivity index (χ3v) is 4.82. The predicted octanol–water partition coefficient (Wildman–Crippen LogP) is 2.74. The zero-order valence-electron chi connectivity index (χ0n) is 15.7. The molecule has 2 heterocycles. The number of nitrogens with zero attached hydrogens (tertiary/aromatic N) is 1. The van der Waals surface area contributed by atoms with Gasteiger partial charge in [0, 0.05) is 18.5 Å². The molecule has 0 aliphatic carbocycles. The fraction of sp³-hybridized carbons (Fsp3) is 0.500. The maximum atomic E-state index is 12.3. The van der Waals surface area contributed by atoms with Crippen molar-refractivity contribution in [2.75, 3.05) is 13.2 Å². The van der Waals surface area contributed by atoms with E-state index in [4.69, 9.17) is 4.74 Å². The molecule has 0 saturated carbocycles. The highest BCUT2D eigenvalue weighted by atomic mass is 16.5. The van der Waals surface area contributed by atoms with E-state index in [0.717, 1.165) is 17.0 Å². The molecule has 26 heavy (non-hydrogen) atoms. The molecule has 2 N–H and O–H groups in total. The van der Waals surface area contributed by atoms with Gasteiger partial charge in [-0.1, -0.05) is 32.9 Å². The Morgan fingerprint density at radius 2 is 1.92 bits per heavy atom. The van der Waals surface area contributed by atoms with Crippen molar-refractivity contribution in [2.45, 2.75) is 52.0 Å². The smallest absolute Gasteiger partial charge is 0.267 e. The molecular formula is C20H27N3O3. The molecule has 1 aliphatic heterocycles. The lowest BCUT2D eigenvalue weighted by Crippen LogP contribution is -2.36. The number of aromatic nitrogens is 2. The van der Waals surface area contributed by atoms with Gasteiger partial charge in [0.2, 0.25) is 5.91 Å². The third-order valence-electron chi connectivity index (χ3n) is 4.82. The Kier molecular flexibility index (Phi) is 5.20. The molecule has 140 valence electrons. The average molecular weight is 357 g/mol. The van der Waals surface area contributed by atoms with E-state index >= 15 is 0 Å². The summed E-state index contributed by atoms with van der Waals surface area (Å²) in [5.74, 6) is 0.933. The van der Waals surface area contributed by atoms with Crippen LogP contribution in [-0.2, 0) is 23.2 Å². The van der Waals surface area contributed by atoms with Crippen molar-refractivity contribution in [1.82, 2.24) is 15.1 Å². The summed E-state index contributed by atoms with van der Waals surface area (Å²) in [7, 11) is 0. The number of nitrogens with one attached hydrogen (secondary N) is 2. The number of hydrogen-bond donors (Lipinski definition) is 2. The molecule has 0 saturated heterocycles. The molecule has 0 fully saturated rings. The van der Waals surface area contributed by atoms with E-state index in [2.05, 4.69) is 43.1 Å². The van der Waals surface area contributed by atoms with Gasteiger partial charge in [0.15, 0.2) is 0 Å². The first-order valence-corrected chi connectivity index (χ1v) is 9.14. The van der Waals surface area contributed by atoms with Gasteiger partial charge in [-0.2, -0.15) is 0 Å². The molecule has 0 bridgehead atoms. The van der Waals surface area contributed by atoms with Gasteiger partial charge in [0.05, 0.1) is 18.8 Å². The first-order valence-electron chi connectivity index (χ1n) is 9.14. The van der Waals surface area contributed by atoms with Gasteiger partial charge in [-0.3, -0.25) is 14.7 Å². The Bertz CT molecular complexity index is 812. The average Bonchev–Trinajstić information content (AvgIpc) is 2.98. The minimum atomic E-state index is -0.0713. The lowest BCUT2D eigenvalue weighted by Gasteiger charge is -2.26. The van der Waals surface area contributed by atoms with Crippen LogP contribution in [0.1, 0.15) is 50.4 Å². The Balaban J connectivity index is 1.42. The van der Waals surface area contributed by atoms with Crippen molar-refractivity contribution in [2.24, 2.45) is 0 Å². The molecule has 1 aromatic carbocycles. The number of amides is 1. The predicted molar refractivity (Wildman–Crippen MR) is 100 cm³/mol. The van der Waals surface area contributed by atoms with Crippen LogP contribution in [0, 0.1) is 0 Å². The standard InChI is InChI=1S/C20H27N3O3/c1-20(2,3)14-6-8-15(9-7-14)26-12-4-5-18(24)23-11-10-16-17(13-23)21-22-19(16)25/h6-9H,4-5,10-13H2,1-3H3,(H2,21,22,25). The van der Waals surface area contributed by atoms with Crippen molar-refractivity contribution in [3.8, 4) is 5.75 Å². The lowest BCUT2D eigenvalue weighted by atomic mass is 9.87. The summed E-state index contributed by atoms with van der Waals surface area (Å²) in [6.07, 6.45) is 1.73. The van der Waals surface area contributed by atoms with E-state index in [1.807, 2.05) is 12.1 Å². The number of fused-ring (bicyclic) bond motifs is 1. The van der Waals surface area contributed by atoms with Crippen LogP contribution in [0.3, 0.4) is 0 Å². The highest BCUT2D eigenvalue weighted by molar-refractivity contribution is 5.76. The molecule has 1 aliphatic rings. The summed E-state index contributed by atoms with van der Waals surface area (Å²) < 4.78 is 5.75. The van der Waals surface area contributed by atoms with Crippen LogP contribution in [0.25, 0.3) is 0 Å². The molecular weight excluding hydrogens is 330 g/mol. The number of hydrogen-bond acceptors (Lipinski definition) is 3. The molecule has 1 amide bonds. The highest BCUT2D eigenvalue weighted by Gasteiger charge is 2.23. The molecule has 6 heteroatoms. The van der Waals surface area contributed by atoms with Crippen molar-refractivity contribution in [3.63, 3.8) is 0 Å². The van der Waals surface area contributed by atoms with E-state index in [1.54, 1.807) is 4.90 Å². The number of H-pyrrole nitrogens is 2. The second-order valence-corrected chi connectivity index (χ2v) is 7.83. The Morgan fingerprint density at radius 1 is 1.19 bits per heavy atom. The van der Waals surface area contributed by atoms with Gasteiger partial charge >= 0.3 is 0 Å². The normalized spacial score (nSPS) is 14.2. The number of carbonyl (C=O) groups excluding carboxylic acids is 1. The first kappa shape index (κ1) is 18.3. The van der Waals surface area contributed by atoms with Crippen LogP contribution < -0.4 is 10.3 Å². The summed E-state index contributed by atoms with van der Waals surface area (Å²) in [4.78, 5) is 25.7. The molecule has 0 spiro atoms. The van der Waals surface area contributed by atoms with E-state index in [-0.39, 0.29) is 16.9 Å². The first-order chi connectivity index (χ1) is 12.3. The third kappa shape index (κ3) is 4.18. The van der Waals surface area contributed by atoms with Crippen LogP contribution in [0.2, 0.25) is 0 Å². The van der Waals surface area contributed by atoms with Crippen LogP contribution in [-0.4, -0.2) is 34.2 Å². The number of ether oxygens (including phenoxy) is 1. The lowest BCUT2D eigenvalue weighted by molar-refractivity contribution is -0.132. The molecule has 0 radical (unpaired) electrons. The summed E-state index contributed by atoms with van der Waals surface area (Å²) in [5.41, 5.74) is 2.93. The van der Waals surface area contributed by atoms with Gasteiger partial charge < -0.3 is 14.7 Å². The second-order valence-electron chi connectivity index (χ2n) is 7.83. The maximum absolute atomic E-state index is 12.3. The molecule has 2 aromatic rings. The Hall–Kier alpha value is -2.50. The van der Waals surface area contributed by atoms with Gasteiger partial charge in [-0.15, -0.1) is 0 Å². The highest BCUT2D eigenvalue weighted by Crippen LogP contribution is 2.24. The van der Waals surface area contributed by atoms with E-state index in [0.29, 0.717) is 39.0 Å². The number of carbonyl (C=O) groups is 1. The fourth-order valence-electron chi connectivity index (χ4n) is 3.17. The Morgan fingerprint density at radius 3 is 2.62 bits per heavy atom. The summed E-state index contributed by atoms with van der Waals surface area (Å²) in [6, 6.07) is 8.14. The zero-order valence-corrected chi connectivity index (χ0v) is 15.7. The number of benzene rings is 1. The minimum Gasteiger partial charge on any atom is -0.494 e. The van der Waals surface area contributed by atoms with Crippen LogP contribution in [0.4, 0.5) is 0 Å². The van der Waals surface area contributed by atoms with Crippen LogP contribution >= 0.6 is 0 Å². The molecule has 0 unspecified atom stereocenters. The molecule has 1 aromatic heterocycles. The topological polar surface area (TPSA) is 78.2 Å². The monoisotopic (exact) mass is 357 g/mol. The van der Waals surface area contributed by atoms with Gasteiger partial charge in [0.1, 0.15) is 5.75 Å². The SMILES string of the molecule is CC(C)(C)c1ccc(OCCCC(=O)N2CCc3c([nH][nH]c3=O)C2)cc1. The fourth-order valence-corrected chi connectivity index (χ4v) is 3.17. The molecule has 3 rings (SSSR count). The number of rotatable bonds is 5. The summed E-state index contributed by atoms with van der Waals surface area (Å²) >= 11 is 0. The van der Waals surface area contributed by atoms with Crippen molar-refractivity contribution < 1.29 is 9.53 Å². The Labute approximate surface area is 153 Å². The van der Waals surface area contributed by atoms with Gasteiger partial charge in [-0.05, 0) is 36.0 Å². The minimum absolute atomic E-state index is 0.0713. The van der Waals surface area contributed by atoms with Gasteiger partial charge in [-0.25, -0.2) is 0 Å². The molecule has 6 nitrogen and oxygen atoms in total. The quantitative estimate of drug-likeness (QED) is 0.808. The van der Waals surface area contributed by atoms with E-state index < -0.39 is 0 Å². The summed E-state index contributed by atoms with van der Waals surface area (Å²) in [5, 5.41) is 5.44. The van der Waals surface area contributed by atoms with Crippen molar-refractivity contribution in [3.05, 3.63) is 51.4 Å². The van der Waals surface area contributed by atoms with Crippen LogP contribution in [0.15, 0.2) is 29.1 Å². The van der Waals surface area contributed by atoms with Crippen molar-refractivity contribution in [1.29, 1.82) is 0 Å². The second kappa shape index (κ2) is 7.40. The van der Waals surface area contributed by atoms with E-state index in [9.17, 15) is 9.59 Å². The van der Waals surface area contributed by atoms with Crippen LogP contribution in [0.5, 0.6) is 5.75 Å². The van der Waals surface area contributed by atoms with Gasteiger partial charge in [0.25, 0.3) is 5.56 Å².